The van der Waals surface area contributed by atoms with E-state index in [1.54, 1.807) is 72.5 Å². The summed E-state index contributed by atoms with van der Waals surface area (Å²) < 4.78 is 5.87. The Hall–Kier alpha value is -4.90. The highest BCUT2D eigenvalue weighted by Crippen LogP contribution is 2.28. The van der Waals surface area contributed by atoms with Crippen molar-refractivity contribution in [2.75, 3.05) is 25.5 Å². The van der Waals surface area contributed by atoms with Gasteiger partial charge in [0, 0.05) is 23.2 Å². The van der Waals surface area contributed by atoms with Crippen LogP contribution in [0.5, 0.6) is 11.5 Å². The van der Waals surface area contributed by atoms with Crippen molar-refractivity contribution in [3.8, 4) is 23.0 Å². The quantitative estimate of drug-likeness (QED) is 0.215. The first-order chi connectivity index (χ1) is 20.6. The normalized spacial score (nSPS) is 19.0. The van der Waals surface area contributed by atoms with E-state index in [0.717, 1.165) is 24.1 Å². The Kier molecular flexibility index (Phi) is 8.63. The number of anilines is 1. The second-order valence-corrected chi connectivity index (χ2v) is 11.5. The van der Waals surface area contributed by atoms with Crippen LogP contribution in [0.3, 0.4) is 0 Å². The smallest absolute Gasteiger partial charge is 0.323 e. The van der Waals surface area contributed by atoms with Crippen molar-refractivity contribution >= 4 is 17.6 Å². The number of hydrogen-bond donors (Lipinski definition) is 4. The van der Waals surface area contributed by atoms with Crippen LogP contribution in [0.25, 0.3) is 11.5 Å². The number of nitrogens with zero attached hydrogens (tertiary/aromatic N) is 4. The zero-order chi connectivity index (χ0) is 30.6. The van der Waals surface area contributed by atoms with E-state index in [4.69, 9.17) is 10.3 Å². The molecule has 1 aromatic heterocycles. The number of primary amides is 1. The van der Waals surface area contributed by atoms with Gasteiger partial charge in [-0.15, -0.1) is 0 Å². The second kappa shape index (κ2) is 12.5. The van der Waals surface area contributed by atoms with Crippen LogP contribution >= 0.6 is 0 Å². The Balaban J connectivity index is 1.42. The molecule has 11 nitrogen and oxygen atoms in total. The SMILES string of the molecule is Cc1noc(-c2ccc(NC(=O)N([C@@H]3CCC[N+](C)(Cc4cccc(O)c4)C3)[C@@H](Cc3ccc(O)cc3)C(N)=O)cc2)n1. The number of benzene rings is 3. The first-order valence-corrected chi connectivity index (χ1v) is 14.3. The van der Waals surface area contributed by atoms with Gasteiger partial charge >= 0.3 is 6.03 Å². The lowest BCUT2D eigenvalue weighted by Gasteiger charge is -2.46. The van der Waals surface area contributed by atoms with Crippen LogP contribution in [0.15, 0.2) is 77.3 Å². The van der Waals surface area contributed by atoms with Crippen molar-refractivity contribution in [2.45, 2.75) is 44.8 Å². The molecule has 224 valence electrons. The highest BCUT2D eigenvalue weighted by molar-refractivity contribution is 5.94. The lowest BCUT2D eigenvalue weighted by Crippen LogP contribution is -2.62. The molecule has 1 unspecified atom stereocenters. The van der Waals surface area contributed by atoms with Crippen molar-refractivity contribution in [1.82, 2.24) is 15.0 Å². The fourth-order valence-corrected chi connectivity index (χ4v) is 5.92. The van der Waals surface area contributed by atoms with Gasteiger partial charge in [-0.3, -0.25) is 4.79 Å². The van der Waals surface area contributed by atoms with Gasteiger partial charge in [-0.2, -0.15) is 4.98 Å². The lowest BCUT2D eigenvalue weighted by molar-refractivity contribution is -0.928. The molecule has 1 fully saturated rings. The highest BCUT2D eigenvalue weighted by atomic mass is 16.5. The molecule has 0 saturated carbocycles. The Bertz CT molecular complexity index is 1570. The summed E-state index contributed by atoms with van der Waals surface area (Å²) in [6.45, 7) is 3.88. The number of likely N-dealkylation sites (N-methyl/N-ethyl adjacent to an activating group) is 1. The molecule has 43 heavy (non-hydrogen) atoms. The minimum absolute atomic E-state index is 0.111. The number of phenols is 2. The number of nitrogens with one attached hydrogen (secondary N) is 1. The Morgan fingerprint density at radius 1 is 1.07 bits per heavy atom. The minimum Gasteiger partial charge on any atom is -0.508 e. The molecule has 0 radical (unpaired) electrons. The van der Waals surface area contributed by atoms with Crippen molar-refractivity contribution in [2.24, 2.45) is 5.73 Å². The van der Waals surface area contributed by atoms with Gasteiger partial charge in [-0.05, 0) is 73.9 Å². The van der Waals surface area contributed by atoms with Crippen molar-refractivity contribution in [3.63, 3.8) is 0 Å². The molecular formula is C32H37N6O5+. The van der Waals surface area contributed by atoms with Crippen LogP contribution < -0.4 is 11.1 Å². The standard InChI is InChI=1S/C32H36N6O5/c1-21-34-31(43-36-21)24-10-12-25(13-11-24)35-32(42)37(29(30(33)41)18-22-8-14-27(39)15-9-22)26-6-4-16-38(2,20-26)19-23-5-3-7-28(40)17-23/h3,5,7-15,17,26,29H,4,6,16,18-20H2,1-2H3,(H4-,33,34,35,36,39,40,41,42)/p+1/t26-,29+,38?/m1/s1. The molecule has 5 N–H and O–H groups in total. The van der Waals surface area contributed by atoms with E-state index in [2.05, 4.69) is 22.5 Å². The zero-order valence-corrected chi connectivity index (χ0v) is 24.3. The number of aromatic nitrogens is 2. The lowest BCUT2D eigenvalue weighted by atomic mass is 9.96. The number of aryl methyl sites for hydroxylation is 1. The van der Waals surface area contributed by atoms with Gasteiger partial charge < -0.3 is 35.2 Å². The molecule has 3 amide bonds. The first kappa shape index (κ1) is 29.6. The Labute approximate surface area is 250 Å². The number of carbonyl (C=O) groups excluding carboxylic acids is 2. The molecule has 2 heterocycles. The van der Waals surface area contributed by atoms with Gasteiger partial charge in [0.2, 0.25) is 5.91 Å². The average Bonchev–Trinajstić information content (AvgIpc) is 3.40. The van der Waals surface area contributed by atoms with Gasteiger partial charge in [0.25, 0.3) is 5.89 Å². The first-order valence-electron chi connectivity index (χ1n) is 14.3. The number of nitrogens with two attached hydrogens (primary N) is 1. The van der Waals surface area contributed by atoms with Crippen molar-refractivity contribution in [3.05, 3.63) is 89.7 Å². The fraction of sp³-hybridized carbons (Fsp3) is 0.312. The van der Waals surface area contributed by atoms with E-state index in [0.29, 0.717) is 47.0 Å². The molecule has 11 heteroatoms. The third-order valence-corrected chi connectivity index (χ3v) is 7.93. The average molecular weight is 586 g/mol. The summed E-state index contributed by atoms with van der Waals surface area (Å²) >= 11 is 0. The molecule has 3 atom stereocenters. The van der Waals surface area contributed by atoms with Crippen LogP contribution in [0, 0.1) is 6.92 Å². The van der Waals surface area contributed by atoms with Crippen LogP contribution in [0.2, 0.25) is 0 Å². The number of carbonyl (C=O) groups is 2. The van der Waals surface area contributed by atoms with Gasteiger partial charge in [-0.25, -0.2) is 4.79 Å². The third kappa shape index (κ3) is 7.31. The maximum atomic E-state index is 14.1. The van der Waals surface area contributed by atoms with E-state index in [1.165, 1.54) is 0 Å². The van der Waals surface area contributed by atoms with Crippen LogP contribution in [0.1, 0.15) is 29.8 Å². The summed E-state index contributed by atoms with van der Waals surface area (Å²) in [4.78, 5) is 32.9. The minimum atomic E-state index is -0.928. The molecule has 0 aliphatic carbocycles. The van der Waals surface area contributed by atoms with Gasteiger partial charge in [0.1, 0.15) is 24.1 Å². The topological polar surface area (TPSA) is 155 Å². The molecule has 3 aromatic carbocycles. The van der Waals surface area contributed by atoms with Gasteiger partial charge in [0.15, 0.2) is 5.82 Å². The molecule has 0 spiro atoms. The van der Waals surface area contributed by atoms with Crippen LogP contribution in [-0.2, 0) is 17.8 Å². The van der Waals surface area contributed by atoms with E-state index in [9.17, 15) is 19.8 Å². The molecule has 1 aliphatic rings. The zero-order valence-electron chi connectivity index (χ0n) is 24.3. The third-order valence-electron chi connectivity index (χ3n) is 7.93. The van der Waals surface area contributed by atoms with Gasteiger partial charge in [0.05, 0.1) is 26.2 Å². The second-order valence-electron chi connectivity index (χ2n) is 11.5. The predicted octanol–water partition coefficient (Wildman–Crippen LogP) is 4.20. The van der Waals surface area contributed by atoms with E-state index < -0.39 is 18.0 Å². The van der Waals surface area contributed by atoms with Crippen LogP contribution in [-0.4, -0.2) is 73.9 Å². The summed E-state index contributed by atoms with van der Waals surface area (Å²) in [6.07, 6.45) is 1.74. The molecule has 0 bridgehead atoms. The summed E-state index contributed by atoms with van der Waals surface area (Å²) in [5.41, 5.74) is 8.99. The van der Waals surface area contributed by atoms with Crippen molar-refractivity contribution in [1.29, 1.82) is 0 Å². The number of amides is 3. The molecule has 1 aliphatic heterocycles. The summed E-state index contributed by atoms with van der Waals surface area (Å²) in [5.74, 6) is 0.613. The maximum Gasteiger partial charge on any atom is 0.323 e. The Morgan fingerprint density at radius 2 is 1.81 bits per heavy atom. The number of rotatable bonds is 9. The molecule has 1 saturated heterocycles. The van der Waals surface area contributed by atoms with Crippen LogP contribution in [0.4, 0.5) is 10.5 Å². The van der Waals surface area contributed by atoms with E-state index in [-0.39, 0.29) is 24.0 Å². The monoisotopic (exact) mass is 585 g/mol. The number of aromatic hydroxyl groups is 2. The number of phenolic OH excluding ortho intramolecular Hbond substituents is 2. The highest BCUT2D eigenvalue weighted by Gasteiger charge is 2.41. The number of quaternary nitrogens is 1. The largest absolute Gasteiger partial charge is 0.508 e. The number of likely N-dealkylation sites (tertiary alicyclic amines) is 1. The van der Waals surface area contributed by atoms with E-state index >= 15 is 0 Å². The fourth-order valence-electron chi connectivity index (χ4n) is 5.92. The number of hydrogen-bond acceptors (Lipinski definition) is 7. The van der Waals surface area contributed by atoms with Gasteiger partial charge in [-0.1, -0.05) is 29.4 Å². The summed E-state index contributed by atoms with van der Waals surface area (Å²) in [6, 6.07) is 19.1. The maximum absolute atomic E-state index is 14.1. The van der Waals surface area contributed by atoms with E-state index in [1.807, 2.05) is 12.1 Å². The summed E-state index contributed by atoms with van der Waals surface area (Å²) in [5, 5.41) is 26.6. The number of piperidine rings is 1. The molecular weight excluding hydrogens is 548 g/mol. The predicted molar refractivity (Wildman–Crippen MR) is 161 cm³/mol. The van der Waals surface area contributed by atoms with Crippen molar-refractivity contribution < 1.29 is 28.8 Å². The molecule has 5 rings (SSSR count). The molecule has 4 aromatic rings. The number of urea groups is 1. The summed E-state index contributed by atoms with van der Waals surface area (Å²) in [7, 11) is 2.13. The Morgan fingerprint density at radius 3 is 2.47 bits per heavy atom.